The van der Waals surface area contributed by atoms with Crippen LogP contribution in [-0.2, 0) is 16.8 Å². The molecule has 0 atom stereocenters. The lowest BCUT2D eigenvalue weighted by atomic mass is 10.0. The number of carbonyl (C=O) groups is 1. The summed E-state index contributed by atoms with van der Waals surface area (Å²) in [7, 11) is 3.23. The standard InChI is InChI=1S/C19H20BrNO3/c1-23-16-8-5-14(12-17(16)24-2)19(9-10-19)21-18(22)11-13-3-6-15(20)7-4-13/h3-8,12H,9-11H2,1-2H3,(H,21,22). The fourth-order valence-corrected chi connectivity index (χ4v) is 3.11. The minimum atomic E-state index is -0.272. The normalized spacial score (nSPS) is 14.8. The van der Waals surface area contributed by atoms with Gasteiger partial charge in [0.1, 0.15) is 0 Å². The van der Waals surface area contributed by atoms with Crippen LogP contribution in [0.3, 0.4) is 0 Å². The maximum atomic E-state index is 12.4. The molecule has 2 aromatic rings. The van der Waals surface area contributed by atoms with Crippen molar-refractivity contribution in [2.24, 2.45) is 0 Å². The second-order valence-electron chi connectivity index (χ2n) is 6.00. The van der Waals surface area contributed by atoms with Gasteiger partial charge in [0, 0.05) is 4.47 Å². The maximum absolute atomic E-state index is 12.4. The fraction of sp³-hybridized carbons (Fsp3) is 0.316. The van der Waals surface area contributed by atoms with Crippen LogP contribution in [0.15, 0.2) is 46.9 Å². The van der Waals surface area contributed by atoms with E-state index in [1.165, 1.54) is 0 Å². The predicted molar refractivity (Wildman–Crippen MR) is 96.4 cm³/mol. The topological polar surface area (TPSA) is 47.6 Å². The van der Waals surface area contributed by atoms with Crippen molar-refractivity contribution >= 4 is 21.8 Å². The summed E-state index contributed by atoms with van der Waals surface area (Å²) in [6.07, 6.45) is 2.26. The Morgan fingerprint density at radius 2 is 1.75 bits per heavy atom. The molecule has 3 rings (SSSR count). The zero-order chi connectivity index (χ0) is 17.2. The zero-order valence-electron chi connectivity index (χ0n) is 13.8. The van der Waals surface area contributed by atoms with Gasteiger partial charge >= 0.3 is 0 Å². The quantitative estimate of drug-likeness (QED) is 0.816. The van der Waals surface area contributed by atoms with Crippen molar-refractivity contribution in [3.63, 3.8) is 0 Å². The average Bonchev–Trinajstić information content (AvgIpc) is 3.36. The number of hydrogen-bond acceptors (Lipinski definition) is 3. The van der Waals surface area contributed by atoms with Gasteiger partial charge in [-0.15, -0.1) is 0 Å². The first-order chi connectivity index (χ1) is 11.6. The smallest absolute Gasteiger partial charge is 0.225 e. The molecule has 1 fully saturated rings. The maximum Gasteiger partial charge on any atom is 0.225 e. The van der Waals surface area contributed by atoms with Crippen molar-refractivity contribution < 1.29 is 14.3 Å². The van der Waals surface area contributed by atoms with E-state index in [1.54, 1.807) is 14.2 Å². The Kier molecular flexibility index (Phi) is 4.81. The first-order valence-corrected chi connectivity index (χ1v) is 8.63. The summed E-state index contributed by atoms with van der Waals surface area (Å²) in [6.45, 7) is 0. The molecule has 0 radical (unpaired) electrons. The Bertz CT molecular complexity index is 739. The molecule has 0 heterocycles. The molecule has 0 saturated heterocycles. The van der Waals surface area contributed by atoms with Crippen LogP contribution < -0.4 is 14.8 Å². The molecule has 1 aliphatic carbocycles. The molecule has 0 unspecified atom stereocenters. The number of carbonyl (C=O) groups excluding carboxylic acids is 1. The summed E-state index contributed by atoms with van der Waals surface area (Å²) in [5.41, 5.74) is 1.79. The van der Waals surface area contributed by atoms with Crippen LogP contribution in [-0.4, -0.2) is 20.1 Å². The number of methoxy groups -OCH3 is 2. The largest absolute Gasteiger partial charge is 0.493 e. The van der Waals surface area contributed by atoms with E-state index in [9.17, 15) is 4.79 Å². The second kappa shape index (κ2) is 6.85. The van der Waals surface area contributed by atoms with Crippen molar-refractivity contribution in [3.8, 4) is 11.5 Å². The van der Waals surface area contributed by atoms with Crippen molar-refractivity contribution in [1.29, 1.82) is 0 Å². The third-order valence-corrected chi connectivity index (χ3v) is 4.87. The van der Waals surface area contributed by atoms with Gasteiger partial charge < -0.3 is 14.8 Å². The zero-order valence-corrected chi connectivity index (χ0v) is 15.4. The summed E-state index contributed by atoms with van der Waals surface area (Å²) in [6, 6.07) is 13.6. The molecular weight excluding hydrogens is 370 g/mol. The Morgan fingerprint density at radius 3 is 2.33 bits per heavy atom. The molecule has 24 heavy (non-hydrogen) atoms. The van der Waals surface area contributed by atoms with Crippen molar-refractivity contribution in [1.82, 2.24) is 5.32 Å². The van der Waals surface area contributed by atoms with E-state index in [0.717, 1.165) is 28.4 Å². The highest BCUT2D eigenvalue weighted by molar-refractivity contribution is 9.10. The summed E-state index contributed by atoms with van der Waals surface area (Å²) in [4.78, 5) is 12.4. The third-order valence-electron chi connectivity index (χ3n) is 4.34. The van der Waals surface area contributed by atoms with Crippen LogP contribution in [0, 0.1) is 0 Å². The summed E-state index contributed by atoms with van der Waals surface area (Å²) in [5.74, 6) is 1.41. The van der Waals surface area contributed by atoms with E-state index in [-0.39, 0.29) is 11.4 Å². The molecular formula is C19H20BrNO3. The van der Waals surface area contributed by atoms with Crippen molar-refractivity contribution in [2.75, 3.05) is 14.2 Å². The minimum absolute atomic E-state index is 0.0320. The first kappa shape index (κ1) is 16.8. The molecule has 0 bridgehead atoms. The highest BCUT2D eigenvalue weighted by Crippen LogP contribution is 2.47. The van der Waals surface area contributed by atoms with E-state index in [1.807, 2.05) is 42.5 Å². The molecule has 1 N–H and O–H groups in total. The van der Waals surface area contributed by atoms with Crippen molar-refractivity contribution in [3.05, 3.63) is 58.1 Å². The van der Waals surface area contributed by atoms with Gasteiger partial charge in [0.25, 0.3) is 0 Å². The third kappa shape index (κ3) is 3.56. The Hall–Kier alpha value is -2.01. The lowest BCUT2D eigenvalue weighted by Crippen LogP contribution is -2.35. The SMILES string of the molecule is COc1ccc(C2(NC(=O)Cc3ccc(Br)cc3)CC2)cc1OC. The monoisotopic (exact) mass is 389 g/mol. The lowest BCUT2D eigenvalue weighted by molar-refractivity contribution is -0.121. The van der Waals surface area contributed by atoms with Gasteiger partial charge in [0.05, 0.1) is 26.2 Å². The Labute approximate surface area is 150 Å². The molecule has 1 aliphatic rings. The van der Waals surface area contributed by atoms with E-state index in [2.05, 4.69) is 21.2 Å². The van der Waals surface area contributed by atoms with Crippen LogP contribution in [0.4, 0.5) is 0 Å². The van der Waals surface area contributed by atoms with E-state index in [0.29, 0.717) is 17.9 Å². The Morgan fingerprint density at radius 1 is 1.08 bits per heavy atom. The fourth-order valence-electron chi connectivity index (χ4n) is 2.84. The molecule has 1 saturated carbocycles. The number of ether oxygens (including phenoxy) is 2. The van der Waals surface area contributed by atoms with Crippen LogP contribution in [0.1, 0.15) is 24.0 Å². The van der Waals surface area contributed by atoms with Gasteiger partial charge in [-0.2, -0.15) is 0 Å². The summed E-state index contributed by atoms with van der Waals surface area (Å²) >= 11 is 3.40. The molecule has 4 nitrogen and oxygen atoms in total. The average molecular weight is 390 g/mol. The number of rotatable bonds is 6. The van der Waals surface area contributed by atoms with Crippen LogP contribution in [0.5, 0.6) is 11.5 Å². The minimum Gasteiger partial charge on any atom is -0.493 e. The highest BCUT2D eigenvalue weighted by Gasteiger charge is 2.45. The van der Waals surface area contributed by atoms with Gasteiger partial charge in [0.2, 0.25) is 5.91 Å². The van der Waals surface area contributed by atoms with Gasteiger partial charge in [-0.05, 0) is 48.2 Å². The van der Waals surface area contributed by atoms with Crippen LogP contribution in [0.2, 0.25) is 0 Å². The van der Waals surface area contributed by atoms with Crippen LogP contribution in [0.25, 0.3) is 0 Å². The van der Waals surface area contributed by atoms with E-state index >= 15 is 0 Å². The second-order valence-corrected chi connectivity index (χ2v) is 6.92. The predicted octanol–water partition coefficient (Wildman–Crippen LogP) is 3.81. The van der Waals surface area contributed by atoms with Crippen molar-refractivity contribution in [2.45, 2.75) is 24.8 Å². The number of halogens is 1. The molecule has 5 heteroatoms. The Balaban J connectivity index is 1.72. The number of amides is 1. The van der Waals surface area contributed by atoms with E-state index < -0.39 is 0 Å². The first-order valence-electron chi connectivity index (χ1n) is 7.84. The molecule has 0 spiro atoms. The number of nitrogens with one attached hydrogen (secondary N) is 1. The van der Waals surface area contributed by atoms with Crippen LogP contribution >= 0.6 is 15.9 Å². The molecule has 126 valence electrons. The summed E-state index contributed by atoms with van der Waals surface area (Å²) in [5, 5.41) is 3.19. The number of hydrogen-bond donors (Lipinski definition) is 1. The van der Waals surface area contributed by atoms with Gasteiger partial charge in [-0.3, -0.25) is 4.79 Å². The number of benzene rings is 2. The molecule has 0 aromatic heterocycles. The lowest BCUT2D eigenvalue weighted by Gasteiger charge is -2.19. The van der Waals surface area contributed by atoms with Gasteiger partial charge in [-0.1, -0.05) is 34.1 Å². The molecule has 2 aromatic carbocycles. The summed E-state index contributed by atoms with van der Waals surface area (Å²) < 4.78 is 11.7. The highest BCUT2D eigenvalue weighted by atomic mass is 79.9. The van der Waals surface area contributed by atoms with Gasteiger partial charge in [0.15, 0.2) is 11.5 Å². The molecule has 0 aliphatic heterocycles. The van der Waals surface area contributed by atoms with E-state index in [4.69, 9.17) is 9.47 Å². The molecule has 1 amide bonds. The van der Waals surface area contributed by atoms with Gasteiger partial charge in [-0.25, -0.2) is 0 Å².